The third kappa shape index (κ3) is 3.34. The molecule has 1 aliphatic heterocycles. The Kier molecular flexibility index (Phi) is 4.73. The molecule has 2 rings (SSSR count). The average molecular weight is 286 g/mol. The Labute approximate surface area is 117 Å². The van der Waals surface area contributed by atoms with Crippen LogP contribution in [0.3, 0.4) is 0 Å². The molecule has 0 bridgehead atoms. The summed E-state index contributed by atoms with van der Waals surface area (Å²) in [6.45, 7) is 4.26. The lowest BCUT2D eigenvalue weighted by atomic mass is 9.91. The first-order chi connectivity index (χ1) is 9.46. The molecule has 20 heavy (non-hydrogen) atoms. The maximum absolute atomic E-state index is 13.2. The van der Waals surface area contributed by atoms with Crippen LogP contribution in [0.15, 0.2) is 18.2 Å². The van der Waals surface area contributed by atoms with E-state index in [4.69, 9.17) is 14.2 Å². The Hall–Kier alpha value is -1.04. The monoisotopic (exact) mass is 286 g/mol. The minimum atomic E-state index is -0.803. The zero-order valence-corrected chi connectivity index (χ0v) is 12.0. The van der Waals surface area contributed by atoms with E-state index >= 15 is 0 Å². The Morgan fingerprint density at radius 3 is 2.50 bits per heavy atom. The van der Waals surface area contributed by atoms with Gasteiger partial charge in [0.15, 0.2) is 12.1 Å². The molecule has 0 aliphatic carbocycles. The second-order valence-electron chi connectivity index (χ2n) is 5.14. The van der Waals surface area contributed by atoms with Crippen molar-refractivity contribution >= 4 is 0 Å². The normalized spacial score (nSPS) is 29.9. The van der Waals surface area contributed by atoms with Gasteiger partial charge in [-0.05, 0) is 38.0 Å². The molecule has 3 unspecified atom stereocenters. The average Bonchev–Trinajstić information content (AvgIpc) is 2.66. The summed E-state index contributed by atoms with van der Waals surface area (Å²) in [6, 6.07) is 3.55. The van der Waals surface area contributed by atoms with Crippen molar-refractivity contribution in [3.05, 3.63) is 35.4 Å². The molecule has 1 aromatic carbocycles. The minimum absolute atomic E-state index is 0.0229. The van der Waals surface area contributed by atoms with Crippen LogP contribution in [-0.2, 0) is 20.6 Å². The quantitative estimate of drug-likeness (QED) is 0.831. The van der Waals surface area contributed by atoms with Gasteiger partial charge in [-0.15, -0.1) is 0 Å². The van der Waals surface area contributed by atoms with Gasteiger partial charge in [-0.2, -0.15) is 0 Å². The maximum atomic E-state index is 13.2. The SMILES string of the molecule is CCOC1CC(Cc2cc(F)cc(F)c2)C(C)(OC)O1. The summed E-state index contributed by atoms with van der Waals surface area (Å²) in [5, 5.41) is 0. The number of methoxy groups -OCH3 is 1. The van der Waals surface area contributed by atoms with Gasteiger partial charge in [0, 0.05) is 32.1 Å². The van der Waals surface area contributed by atoms with Crippen LogP contribution in [0.25, 0.3) is 0 Å². The van der Waals surface area contributed by atoms with Gasteiger partial charge in [0.05, 0.1) is 0 Å². The molecule has 1 saturated heterocycles. The van der Waals surface area contributed by atoms with E-state index in [0.29, 0.717) is 25.0 Å². The van der Waals surface area contributed by atoms with E-state index in [-0.39, 0.29) is 12.2 Å². The van der Waals surface area contributed by atoms with Crippen LogP contribution >= 0.6 is 0 Å². The highest BCUT2D eigenvalue weighted by Gasteiger charge is 2.45. The second-order valence-corrected chi connectivity index (χ2v) is 5.14. The molecule has 0 N–H and O–H groups in total. The minimum Gasteiger partial charge on any atom is -0.353 e. The molecule has 1 aliphatic rings. The van der Waals surface area contributed by atoms with Crippen molar-refractivity contribution in [1.29, 1.82) is 0 Å². The summed E-state index contributed by atoms with van der Waals surface area (Å²) in [6.07, 6.45) is 0.771. The molecule has 0 saturated carbocycles. The van der Waals surface area contributed by atoms with Crippen LogP contribution in [0.1, 0.15) is 25.8 Å². The largest absolute Gasteiger partial charge is 0.353 e. The molecular formula is C15H20F2O3. The van der Waals surface area contributed by atoms with Crippen LogP contribution < -0.4 is 0 Å². The summed E-state index contributed by atoms with van der Waals surface area (Å²) >= 11 is 0. The van der Waals surface area contributed by atoms with Gasteiger partial charge in [-0.1, -0.05) is 0 Å². The van der Waals surface area contributed by atoms with Crippen molar-refractivity contribution in [3.63, 3.8) is 0 Å². The van der Waals surface area contributed by atoms with Crippen molar-refractivity contribution < 1.29 is 23.0 Å². The van der Waals surface area contributed by atoms with E-state index in [1.807, 2.05) is 13.8 Å². The molecule has 5 heteroatoms. The Morgan fingerprint density at radius 1 is 1.30 bits per heavy atom. The van der Waals surface area contributed by atoms with Gasteiger partial charge in [-0.25, -0.2) is 8.78 Å². The number of rotatable bonds is 5. The number of halogens is 2. The molecule has 3 atom stereocenters. The number of ether oxygens (including phenoxy) is 3. The van der Waals surface area contributed by atoms with E-state index < -0.39 is 17.4 Å². The first kappa shape index (κ1) is 15.4. The van der Waals surface area contributed by atoms with Crippen LogP contribution in [0.5, 0.6) is 0 Å². The molecule has 1 heterocycles. The van der Waals surface area contributed by atoms with Gasteiger partial charge < -0.3 is 14.2 Å². The van der Waals surface area contributed by atoms with E-state index in [0.717, 1.165) is 6.07 Å². The first-order valence-electron chi connectivity index (χ1n) is 6.76. The molecule has 0 aromatic heterocycles. The zero-order valence-electron chi connectivity index (χ0n) is 12.0. The summed E-state index contributed by atoms with van der Waals surface area (Å²) in [5.74, 6) is -1.97. The highest BCUT2D eigenvalue weighted by molar-refractivity contribution is 5.19. The van der Waals surface area contributed by atoms with E-state index in [9.17, 15) is 8.78 Å². The fourth-order valence-corrected chi connectivity index (χ4v) is 2.64. The van der Waals surface area contributed by atoms with Gasteiger partial charge in [0.1, 0.15) is 11.6 Å². The van der Waals surface area contributed by atoms with Crippen LogP contribution in [0, 0.1) is 17.6 Å². The molecule has 1 aromatic rings. The number of hydrogen-bond acceptors (Lipinski definition) is 3. The van der Waals surface area contributed by atoms with Crippen molar-refractivity contribution in [2.24, 2.45) is 5.92 Å². The predicted molar refractivity (Wildman–Crippen MR) is 70.1 cm³/mol. The van der Waals surface area contributed by atoms with E-state index in [1.54, 1.807) is 7.11 Å². The molecule has 0 radical (unpaired) electrons. The summed E-state index contributed by atoms with van der Waals surface area (Å²) in [7, 11) is 1.56. The first-order valence-corrected chi connectivity index (χ1v) is 6.76. The van der Waals surface area contributed by atoms with Crippen molar-refractivity contribution in [2.75, 3.05) is 13.7 Å². The fourth-order valence-electron chi connectivity index (χ4n) is 2.64. The van der Waals surface area contributed by atoms with Crippen LogP contribution in [0.2, 0.25) is 0 Å². The fraction of sp³-hybridized carbons (Fsp3) is 0.600. The summed E-state index contributed by atoms with van der Waals surface area (Å²) < 4.78 is 43.1. The summed E-state index contributed by atoms with van der Waals surface area (Å²) in [5.41, 5.74) is 0.594. The third-order valence-electron chi connectivity index (χ3n) is 3.75. The lowest BCUT2D eigenvalue weighted by molar-refractivity contribution is -0.261. The Morgan fingerprint density at radius 2 is 1.95 bits per heavy atom. The predicted octanol–water partition coefficient (Wildman–Crippen LogP) is 3.27. The smallest absolute Gasteiger partial charge is 0.171 e. The number of benzene rings is 1. The lowest BCUT2D eigenvalue weighted by Crippen LogP contribution is -2.35. The van der Waals surface area contributed by atoms with Crippen LogP contribution in [-0.4, -0.2) is 25.8 Å². The second kappa shape index (κ2) is 6.16. The Balaban J connectivity index is 2.13. The van der Waals surface area contributed by atoms with Gasteiger partial charge in [0.25, 0.3) is 0 Å². The van der Waals surface area contributed by atoms with Gasteiger partial charge >= 0.3 is 0 Å². The molecular weight excluding hydrogens is 266 g/mol. The molecule has 3 nitrogen and oxygen atoms in total. The summed E-state index contributed by atoms with van der Waals surface area (Å²) in [4.78, 5) is 0. The van der Waals surface area contributed by atoms with Gasteiger partial charge in [0.2, 0.25) is 0 Å². The number of hydrogen-bond donors (Lipinski definition) is 0. The van der Waals surface area contributed by atoms with Crippen molar-refractivity contribution in [3.8, 4) is 0 Å². The standard InChI is InChI=1S/C15H20F2O3/c1-4-19-14-8-11(15(2,18-3)20-14)5-10-6-12(16)9-13(17)7-10/h6-7,9,11,14H,4-5,8H2,1-3H3. The highest BCUT2D eigenvalue weighted by Crippen LogP contribution is 2.39. The van der Waals surface area contributed by atoms with Crippen molar-refractivity contribution in [2.45, 2.75) is 38.8 Å². The molecule has 0 spiro atoms. The van der Waals surface area contributed by atoms with Crippen molar-refractivity contribution in [1.82, 2.24) is 0 Å². The third-order valence-corrected chi connectivity index (χ3v) is 3.75. The molecule has 1 fully saturated rings. The lowest BCUT2D eigenvalue weighted by Gasteiger charge is -2.28. The topological polar surface area (TPSA) is 27.7 Å². The highest BCUT2D eigenvalue weighted by atomic mass is 19.1. The maximum Gasteiger partial charge on any atom is 0.171 e. The van der Waals surface area contributed by atoms with Crippen LogP contribution in [0.4, 0.5) is 8.78 Å². The molecule has 112 valence electrons. The van der Waals surface area contributed by atoms with Gasteiger partial charge in [-0.3, -0.25) is 0 Å². The van der Waals surface area contributed by atoms with E-state index in [1.165, 1.54) is 12.1 Å². The van der Waals surface area contributed by atoms with E-state index in [2.05, 4.69) is 0 Å². The Bertz CT molecular complexity index is 446. The zero-order chi connectivity index (χ0) is 14.8. The molecule has 0 amide bonds.